The van der Waals surface area contributed by atoms with E-state index in [0.717, 1.165) is 16.9 Å². The van der Waals surface area contributed by atoms with Gasteiger partial charge in [-0.15, -0.1) is 24.0 Å². The van der Waals surface area contributed by atoms with Gasteiger partial charge in [0.15, 0.2) is 5.96 Å². The summed E-state index contributed by atoms with van der Waals surface area (Å²) in [4.78, 5) is 14.9. The molecule has 2 aromatic rings. The summed E-state index contributed by atoms with van der Waals surface area (Å²) in [5.74, 6) is 1.44. The zero-order valence-electron chi connectivity index (χ0n) is 18.0. The van der Waals surface area contributed by atoms with Crippen LogP contribution in [0, 0.1) is 17.0 Å². The van der Waals surface area contributed by atoms with Gasteiger partial charge in [0, 0.05) is 45.4 Å². The topological polar surface area (TPSA) is 110 Å². The van der Waals surface area contributed by atoms with Crippen molar-refractivity contribution in [2.45, 2.75) is 13.5 Å². The van der Waals surface area contributed by atoms with Crippen LogP contribution in [-0.2, 0) is 11.3 Å². The SMILES string of the molecule is CN=C(NCCNc1ccccc1[N+](=O)[O-])NCc1ccc(C)cc1OCCOC.I. The minimum absolute atomic E-state index is 0. The lowest BCUT2D eigenvalue weighted by Crippen LogP contribution is -2.39. The van der Waals surface area contributed by atoms with Crippen LogP contribution in [0.3, 0.4) is 0 Å². The average Bonchev–Trinajstić information content (AvgIpc) is 2.74. The van der Waals surface area contributed by atoms with Crippen molar-refractivity contribution in [3.63, 3.8) is 0 Å². The van der Waals surface area contributed by atoms with E-state index >= 15 is 0 Å². The van der Waals surface area contributed by atoms with Crippen molar-refractivity contribution in [2.24, 2.45) is 4.99 Å². The lowest BCUT2D eigenvalue weighted by Gasteiger charge is -2.16. The summed E-state index contributed by atoms with van der Waals surface area (Å²) >= 11 is 0. The van der Waals surface area contributed by atoms with Crippen LogP contribution in [0.4, 0.5) is 11.4 Å². The van der Waals surface area contributed by atoms with Crippen LogP contribution in [-0.4, -0.2) is 51.3 Å². The van der Waals surface area contributed by atoms with Crippen molar-refractivity contribution >= 4 is 41.3 Å². The number of aryl methyl sites for hydroxylation is 1. The molecular weight excluding hydrogens is 513 g/mol. The fourth-order valence-corrected chi connectivity index (χ4v) is 2.74. The van der Waals surface area contributed by atoms with Gasteiger partial charge in [-0.05, 0) is 24.6 Å². The van der Waals surface area contributed by atoms with Gasteiger partial charge in [-0.1, -0.05) is 24.3 Å². The summed E-state index contributed by atoms with van der Waals surface area (Å²) in [6, 6.07) is 12.6. The molecule has 0 heterocycles. The number of para-hydroxylation sites is 2. The Kier molecular flexibility index (Phi) is 12.3. The molecule has 0 radical (unpaired) electrons. The standard InChI is InChI=1S/C21H29N5O4.HI/c1-16-8-9-17(20(14-16)30-13-12-29-3)15-25-21(22-2)24-11-10-23-18-6-4-5-7-19(18)26(27)28;/h4-9,14,23H,10-13,15H2,1-3H3,(H2,22,24,25);1H. The Morgan fingerprint density at radius 1 is 1.13 bits per heavy atom. The number of ether oxygens (including phenoxy) is 2. The van der Waals surface area contributed by atoms with Crippen LogP contribution >= 0.6 is 24.0 Å². The molecule has 9 nitrogen and oxygen atoms in total. The van der Waals surface area contributed by atoms with Crippen molar-refractivity contribution in [3.8, 4) is 5.75 Å². The third-order valence-electron chi connectivity index (χ3n) is 4.27. The highest BCUT2D eigenvalue weighted by Crippen LogP contribution is 2.22. The monoisotopic (exact) mass is 543 g/mol. The van der Waals surface area contributed by atoms with E-state index in [1.54, 1.807) is 32.4 Å². The maximum Gasteiger partial charge on any atom is 0.292 e. The second-order valence-electron chi connectivity index (χ2n) is 6.51. The number of aliphatic imine (C=N–C) groups is 1. The van der Waals surface area contributed by atoms with Gasteiger partial charge in [0.2, 0.25) is 0 Å². The van der Waals surface area contributed by atoms with Crippen molar-refractivity contribution in [1.82, 2.24) is 10.6 Å². The lowest BCUT2D eigenvalue weighted by atomic mass is 10.1. The Balaban J connectivity index is 0.00000480. The molecule has 0 spiro atoms. The van der Waals surface area contributed by atoms with Gasteiger partial charge in [-0.25, -0.2) is 0 Å². The third-order valence-corrected chi connectivity index (χ3v) is 4.27. The molecule has 0 aromatic heterocycles. The van der Waals surface area contributed by atoms with E-state index < -0.39 is 4.92 Å². The van der Waals surface area contributed by atoms with Gasteiger partial charge < -0.3 is 25.4 Å². The molecule has 0 unspecified atom stereocenters. The Hall–Kier alpha value is -2.60. The number of nitro groups is 1. The molecule has 0 aliphatic rings. The molecule has 0 saturated heterocycles. The van der Waals surface area contributed by atoms with Gasteiger partial charge in [0.25, 0.3) is 5.69 Å². The van der Waals surface area contributed by atoms with Gasteiger partial charge >= 0.3 is 0 Å². The maximum atomic E-state index is 11.1. The summed E-state index contributed by atoms with van der Waals surface area (Å²) in [6.07, 6.45) is 0. The van der Waals surface area contributed by atoms with Crippen LogP contribution < -0.4 is 20.7 Å². The third kappa shape index (κ3) is 8.97. The predicted octanol–water partition coefficient (Wildman–Crippen LogP) is 3.32. The summed E-state index contributed by atoms with van der Waals surface area (Å²) < 4.78 is 10.9. The highest BCUT2D eigenvalue weighted by atomic mass is 127. The van der Waals surface area contributed by atoms with E-state index in [1.165, 1.54) is 6.07 Å². The van der Waals surface area contributed by atoms with Gasteiger partial charge in [0.05, 0.1) is 11.5 Å². The van der Waals surface area contributed by atoms with Gasteiger partial charge in [-0.3, -0.25) is 15.1 Å². The number of nitro benzene ring substituents is 1. The molecule has 0 saturated carbocycles. The quantitative estimate of drug-likeness (QED) is 0.0997. The molecule has 0 aliphatic heterocycles. The fourth-order valence-electron chi connectivity index (χ4n) is 2.74. The minimum Gasteiger partial charge on any atom is -0.491 e. The molecule has 10 heteroatoms. The van der Waals surface area contributed by atoms with Crippen molar-refractivity contribution in [3.05, 3.63) is 63.7 Å². The van der Waals surface area contributed by atoms with Crippen molar-refractivity contribution in [1.29, 1.82) is 0 Å². The van der Waals surface area contributed by atoms with Gasteiger partial charge in [-0.2, -0.15) is 0 Å². The fraction of sp³-hybridized carbons (Fsp3) is 0.381. The predicted molar refractivity (Wildman–Crippen MR) is 134 cm³/mol. The number of halogens is 1. The maximum absolute atomic E-state index is 11.1. The first-order valence-electron chi connectivity index (χ1n) is 9.68. The highest BCUT2D eigenvalue weighted by Gasteiger charge is 2.11. The molecule has 31 heavy (non-hydrogen) atoms. The molecule has 0 fully saturated rings. The molecule has 0 aliphatic carbocycles. The van der Waals surface area contributed by atoms with E-state index in [9.17, 15) is 10.1 Å². The van der Waals surface area contributed by atoms with Crippen LogP contribution in [0.2, 0.25) is 0 Å². The normalized spacial score (nSPS) is 10.7. The van der Waals surface area contributed by atoms with E-state index in [2.05, 4.69) is 20.9 Å². The number of rotatable bonds is 11. The molecule has 0 bridgehead atoms. The Morgan fingerprint density at radius 3 is 2.61 bits per heavy atom. The number of nitrogens with zero attached hydrogens (tertiary/aromatic N) is 2. The van der Waals surface area contributed by atoms with Gasteiger partial charge in [0.1, 0.15) is 18.0 Å². The molecule has 170 valence electrons. The Labute approximate surface area is 199 Å². The van der Waals surface area contributed by atoms with Crippen LogP contribution in [0.25, 0.3) is 0 Å². The molecule has 2 aromatic carbocycles. The van der Waals surface area contributed by atoms with E-state index in [-0.39, 0.29) is 29.7 Å². The molecule has 0 atom stereocenters. The molecule has 0 amide bonds. The number of nitrogens with one attached hydrogen (secondary N) is 3. The largest absolute Gasteiger partial charge is 0.491 e. The van der Waals surface area contributed by atoms with E-state index in [0.29, 0.717) is 44.5 Å². The first-order valence-corrected chi connectivity index (χ1v) is 9.68. The van der Waals surface area contributed by atoms with Crippen molar-refractivity contribution < 1.29 is 14.4 Å². The summed E-state index contributed by atoms with van der Waals surface area (Å²) in [6.45, 7) is 4.61. The first kappa shape index (κ1) is 26.4. The van der Waals surface area contributed by atoms with Crippen LogP contribution in [0.5, 0.6) is 5.75 Å². The highest BCUT2D eigenvalue weighted by molar-refractivity contribution is 14.0. The van der Waals surface area contributed by atoms with E-state index in [1.807, 2.05) is 25.1 Å². The molecular formula is C21H30IN5O4. The number of guanidine groups is 1. The number of methoxy groups -OCH3 is 1. The Morgan fingerprint density at radius 2 is 1.90 bits per heavy atom. The minimum atomic E-state index is -0.399. The van der Waals surface area contributed by atoms with Crippen LogP contribution in [0.15, 0.2) is 47.5 Å². The zero-order chi connectivity index (χ0) is 21.8. The molecule has 3 N–H and O–H groups in total. The number of hydrogen-bond donors (Lipinski definition) is 3. The van der Waals surface area contributed by atoms with Crippen molar-refractivity contribution in [2.75, 3.05) is 45.8 Å². The number of benzene rings is 2. The lowest BCUT2D eigenvalue weighted by molar-refractivity contribution is -0.384. The summed E-state index contributed by atoms with van der Waals surface area (Å²) in [5, 5.41) is 20.6. The smallest absolute Gasteiger partial charge is 0.292 e. The zero-order valence-corrected chi connectivity index (χ0v) is 20.3. The second kappa shape index (κ2) is 14.4. The summed E-state index contributed by atoms with van der Waals surface area (Å²) in [7, 11) is 3.33. The average molecular weight is 543 g/mol. The second-order valence-corrected chi connectivity index (χ2v) is 6.51. The van der Waals surface area contributed by atoms with Crippen LogP contribution in [0.1, 0.15) is 11.1 Å². The van der Waals surface area contributed by atoms with E-state index in [4.69, 9.17) is 9.47 Å². The number of anilines is 1. The Bertz CT molecular complexity index is 863. The molecule has 2 rings (SSSR count). The first-order chi connectivity index (χ1) is 14.5. The number of hydrogen-bond acceptors (Lipinski definition) is 6. The summed E-state index contributed by atoms with van der Waals surface area (Å²) in [5.41, 5.74) is 2.68.